The molecule has 0 rings (SSSR count). The van der Waals surface area contributed by atoms with Gasteiger partial charge in [0, 0.05) is 12.8 Å². The average Bonchev–Trinajstić information content (AvgIpc) is 3.41. The number of rotatable bonds is 64. The summed E-state index contributed by atoms with van der Waals surface area (Å²) < 4.78 is 5.47. The summed E-state index contributed by atoms with van der Waals surface area (Å²) in [5.41, 5.74) is 0. The van der Waals surface area contributed by atoms with Gasteiger partial charge in [-0.25, -0.2) is 0 Å². The fourth-order valence-electron chi connectivity index (χ4n) is 10.7. The summed E-state index contributed by atoms with van der Waals surface area (Å²) in [7, 11) is 0. The van der Waals surface area contributed by atoms with Crippen molar-refractivity contribution >= 4 is 11.9 Å². The van der Waals surface area contributed by atoms with Gasteiger partial charge in [-0.3, -0.25) is 9.59 Å². The largest absolute Gasteiger partial charge is 0.466 e. The molecule has 0 heterocycles. The molecular weight excluding hydrogens is 923 g/mol. The Kier molecular flexibility index (Phi) is 63.4. The number of hydrogen-bond acceptors (Lipinski definition) is 5. The molecular formula is C69H133NO5. The molecule has 0 saturated heterocycles. The lowest BCUT2D eigenvalue weighted by Gasteiger charge is -2.20. The van der Waals surface area contributed by atoms with Crippen LogP contribution in [-0.4, -0.2) is 47.4 Å². The smallest absolute Gasteiger partial charge is 0.305 e. The van der Waals surface area contributed by atoms with Crippen molar-refractivity contribution in [1.82, 2.24) is 5.32 Å². The second-order valence-corrected chi connectivity index (χ2v) is 23.5. The number of ether oxygens (including phenoxy) is 1. The maximum Gasteiger partial charge on any atom is 0.305 e. The molecule has 0 aliphatic carbocycles. The van der Waals surface area contributed by atoms with Gasteiger partial charge in [0.05, 0.1) is 25.4 Å². The van der Waals surface area contributed by atoms with Crippen LogP contribution in [0.1, 0.15) is 380 Å². The summed E-state index contributed by atoms with van der Waals surface area (Å²) in [6, 6.07) is -0.627. The highest BCUT2D eigenvalue weighted by Gasteiger charge is 2.18. The van der Waals surface area contributed by atoms with E-state index in [9.17, 15) is 19.8 Å². The Bertz CT molecular complexity index is 1170. The van der Waals surface area contributed by atoms with Crippen LogP contribution in [0.15, 0.2) is 24.3 Å². The van der Waals surface area contributed by atoms with E-state index < -0.39 is 12.1 Å². The van der Waals surface area contributed by atoms with Crippen molar-refractivity contribution in [1.29, 1.82) is 0 Å². The lowest BCUT2D eigenvalue weighted by molar-refractivity contribution is -0.143. The highest BCUT2D eigenvalue weighted by Crippen LogP contribution is 2.19. The number of carbonyl (C=O) groups excluding carboxylic acids is 2. The molecule has 0 bridgehead atoms. The molecule has 0 aromatic carbocycles. The van der Waals surface area contributed by atoms with Gasteiger partial charge in [-0.2, -0.15) is 0 Å². The number of allylic oxidation sites excluding steroid dienone is 3. The molecule has 0 spiro atoms. The zero-order valence-corrected chi connectivity index (χ0v) is 50.8. The van der Waals surface area contributed by atoms with E-state index in [0.29, 0.717) is 19.4 Å². The van der Waals surface area contributed by atoms with E-state index in [1.54, 1.807) is 6.08 Å². The minimum Gasteiger partial charge on any atom is -0.466 e. The van der Waals surface area contributed by atoms with Crippen molar-refractivity contribution in [3.8, 4) is 0 Å². The van der Waals surface area contributed by atoms with Crippen molar-refractivity contribution in [3.05, 3.63) is 24.3 Å². The van der Waals surface area contributed by atoms with Gasteiger partial charge in [0.1, 0.15) is 0 Å². The number of amides is 1. The van der Waals surface area contributed by atoms with Gasteiger partial charge >= 0.3 is 5.97 Å². The maximum atomic E-state index is 12.5. The Morgan fingerprint density at radius 1 is 0.360 bits per heavy atom. The Labute approximate surface area is 469 Å². The average molecular weight is 1060 g/mol. The number of carbonyl (C=O) groups is 2. The van der Waals surface area contributed by atoms with E-state index >= 15 is 0 Å². The van der Waals surface area contributed by atoms with Crippen LogP contribution in [0.4, 0.5) is 0 Å². The highest BCUT2D eigenvalue weighted by atomic mass is 16.5. The molecule has 2 atom stereocenters. The number of unbranched alkanes of at least 4 members (excludes halogenated alkanes) is 51. The Balaban J connectivity index is 3.39. The number of nitrogens with one attached hydrogen (secondary N) is 1. The third-order valence-electron chi connectivity index (χ3n) is 16.0. The summed E-state index contributed by atoms with van der Waals surface area (Å²) in [5, 5.41) is 23.2. The fraction of sp³-hybridized carbons (Fsp3) is 0.913. The summed E-state index contributed by atoms with van der Waals surface area (Å²) in [6.45, 7) is 4.90. The number of esters is 1. The van der Waals surface area contributed by atoms with E-state index in [1.165, 1.54) is 308 Å². The van der Waals surface area contributed by atoms with Gasteiger partial charge in [0.15, 0.2) is 0 Å². The molecule has 3 N–H and O–H groups in total. The SMILES string of the molecule is CCCC/C=C\CCCCCCCC(=O)OCCCCCCCCCCCCCCCCCCCCCCCCCCCCC(=O)NC(CO)C(O)/C=C/CCCCCCCCCCCCCCCCCCCCC. The molecule has 0 saturated carbocycles. The molecule has 0 aliphatic heterocycles. The van der Waals surface area contributed by atoms with Crippen molar-refractivity contribution in [3.63, 3.8) is 0 Å². The van der Waals surface area contributed by atoms with Gasteiger partial charge in [0.2, 0.25) is 5.91 Å². The molecule has 75 heavy (non-hydrogen) atoms. The highest BCUT2D eigenvalue weighted by molar-refractivity contribution is 5.76. The van der Waals surface area contributed by atoms with Crippen LogP contribution < -0.4 is 5.32 Å². The first-order valence-electron chi connectivity index (χ1n) is 34.1. The first-order chi connectivity index (χ1) is 37.0. The normalized spacial score (nSPS) is 12.6. The van der Waals surface area contributed by atoms with Gasteiger partial charge in [-0.1, -0.05) is 340 Å². The second kappa shape index (κ2) is 64.9. The second-order valence-electron chi connectivity index (χ2n) is 23.5. The molecule has 0 aromatic rings. The standard InChI is InChI=1S/C69H133NO5/c1-3-5-7-9-11-13-15-16-17-18-19-26-29-32-35-38-42-45-49-53-57-61-67(72)66(65-71)70-68(73)62-58-54-50-46-43-39-36-33-30-27-24-22-20-21-23-25-28-31-34-37-40-44-48-52-56-60-64-75-69(74)63-59-55-51-47-41-14-12-10-8-6-4-2/h10,12,57,61,66-67,71-72H,3-9,11,13-56,58-60,62-65H2,1-2H3,(H,70,73)/b12-10-,61-57+. The summed E-state index contributed by atoms with van der Waals surface area (Å²) >= 11 is 0. The first kappa shape index (κ1) is 73.3. The number of aliphatic hydroxyl groups excluding tert-OH is 2. The van der Waals surface area contributed by atoms with Crippen molar-refractivity contribution in [2.45, 2.75) is 392 Å². The minimum atomic E-state index is -0.844. The molecule has 0 aliphatic rings. The third kappa shape index (κ3) is 61.4. The summed E-state index contributed by atoms with van der Waals surface area (Å²) in [5.74, 6) is -0.0556. The van der Waals surface area contributed by atoms with E-state index in [4.69, 9.17) is 4.74 Å². The summed E-state index contributed by atoms with van der Waals surface area (Å²) in [6.07, 6.45) is 81.1. The molecule has 444 valence electrons. The minimum absolute atomic E-state index is 0.00626. The molecule has 2 unspecified atom stereocenters. The van der Waals surface area contributed by atoms with E-state index in [2.05, 4.69) is 31.3 Å². The van der Waals surface area contributed by atoms with E-state index in [1.807, 2.05) is 6.08 Å². The topological polar surface area (TPSA) is 95.9 Å². The third-order valence-corrected chi connectivity index (χ3v) is 16.0. The van der Waals surface area contributed by atoms with Gasteiger partial charge in [-0.15, -0.1) is 0 Å². The molecule has 6 heteroatoms. The molecule has 0 aromatic heterocycles. The zero-order chi connectivity index (χ0) is 54.3. The molecule has 1 amide bonds. The summed E-state index contributed by atoms with van der Waals surface area (Å²) in [4.78, 5) is 24.5. The van der Waals surface area contributed by atoms with Gasteiger partial charge in [0.25, 0.3) is 0 Å². The number of hydrogen-bond donors (Lipinski definition) is 3. The van der Waals surface area contributed by atoms with Crippen LogP contribution in [0.2, 0.25) is 0 Å². The molecule has 0 radical (unpaired) electrons. The Morgan fingerprint density at radius 2 is 0.640 bits per heavy atom. The maximum absolute atomic E-state index is 12.5. The predicted octanol–water partition coefficient (Wildman–Crippen LogP) is 21.8. The van der Waals surface area contributed by atoms with Gasteiger partial charge < -0.3 is 20.3 Å². The lowest BCUT2D eigenvalue weighted by atomic mass is 10.0. The van der Waals surface area contributed by atoms with Crippen LogP contribution in [-0.2, 0) is 14.3 Å². The van der Waals surface area contributed by atoms with Crippen LogP contribution in [0.5, 0.6) is 0 Å². The molecule has 0 fully saturated rings. The Hall–Kier alpha value is -1.66. The Morgan fingerprint density at radius 3 is 0.987 bits per heavy atom. The van der Waals surface area contributed by atoms with E-state index in [-0.39, 0.29) is 18.5 Å². The monoisotopic (exact) mass is 1060 g/mol. The predicted molar refractivity (Wildman–Crippen MR) is 329 cm³/mol. The quantitative estimate of drug-likeness (QED) is 0.0320. The number of aliphatic hydroxyl groups is 2. The zero-order valence-electron chi connectivity index (χ0n) is 50.8. The van der Waals surface area contributed by atoms with Crippen molar-refractivity contribution in [2.24, 2.45) is 0 Å². The van der Waals surface area contributed by atoms with Crippen molar-refractivity contribution in [2.75, 3.05) is 13.2 Å². The van der Waals surface area contributed by atoms with Crippen molar-refractivity contribution < 1.29 is 24.5 Å². The lowest BCUT2D eigenvalue weighted by Crippen LogP contribution is -2.45. The molecule has 6 nitrogen and oxygen atoms in total. The van der Waals surface area contributed by atoms with E-state index in [0.717, 1.165) is 44.9 Å². The fourth-order valence-corrected chi connectivity index (χ4v) is 10.7. The van der Waals surface area contributed by atoms with Crippen LogP contribution >= 0.6 is 0 Å². The van der Waals surface area contributed by atoms with Gasteiger partial charge in [-0.05, 0) is 51.4 Å². The van der Waals surface area contributed by atoms with Crippen LogP contribution in [0.3, 0.4) is 0 Å². The van der Waals surface area contributed by atoms with Crippen LogP contribution in [0, 0.1) is 0 Å². The first-order valence-corrected chi connectivity index (χ1v) is 34.1. The van der Waals surface area contributed by atoms with Crippen LogP contribution in [0.25, 0.3) is 0 Å².